The van der Waals surface area contributed by atoms with Gasteiger partial charge in [0.25, 0.3) is 0 Å². The Labute approximate surface area is 169 Å². The Morgan fingerprint density at radius 1 is 1.21 bits per heavy atom. The maximum Gasteiger partial charge on any atom is 0.197 e. The molecule has 0 saturated heterocycles. The second-order valence-electron chi connectivity index (χ2n) is 7.20. The van der Waals surface area contributed by atoms with E-state index in [0.29, 0.717) is 16.8 Å². The molecule has 2 heterocycles. The summed E-state index contributed by atoms with van der Waals surface area (Å²) in [7, 11) is 0. The molecule has 146 valence electrons. The molecule has 0 unspecified atom stereocenters. The monoisotopic (exact) mass is 387 g/mol. The zero-order chi connectivity index (χ0) is 20.5. The third-order valence-corrected chi connectivity index (χ3v) is 5.19. The van der Waals surface area contributed by atoms with Gasteiger partial charge in [-0.1, -0.05) is 25.5 Å². The largest absolute Gasteiger partial charge is 0.278 e. The van der Waals surface area contributed by atoms with Crippen molar-refractivity contribution in [2.45, 2.75) is 40.2 Å². The van der Waals surface area contributed by atoms with Crippen LogP contribution in [0.2, 0.25) is 0 Å². The molecule has 0 radical (unpaired) electrons. The van der Waals surface area contributed by atoms with Crippen LogP contribution in [0.25, 0.3) is 38.1 Å². The van der Waals surface area contributed by atoms with E-state index < -0.39 is 0 Å². The number of halogens is 1. The Morgan fingerprint density at radius 2 is 2.03 bits per heavy atom. The van der Waals surface area contributed by atoms with Crippen molar-refractivity contribution in [3.8, 4) is 22.4 Å². The summed E-state index contributed by atoms with van der Waals surface area (Å²) in [6, 6.07) is 7.22. The van der Waals surface area contributed by atoms with E-state index in [2.05, 4.69) is 27.1 Å². The first-order valence-corrected chi connectivity index (χ1v) is 9.77. The quantitative estimate of drug-likeness (QED) is 0.423. The molecule has 1 N–H and O–H groups in total. The van der Waals surface area contributed by atoms with Gasteiger partial charge in [0.05, 0.1) is 18.3 Å². The number of rotatable bonds is 5. The van der Waals surface area contributed by atoms with Gasteiger partial charge in [-0.3, -0.25) is 9.78 Å². The third kappa shape index (κ3) is 3.29. The molecular weight excluding hydrogens is 365 g/mol. The molecular formula is C23H22FN5. The highest BCUT2D eigenvalue weighted by Gasteiger charge is 2.18. The lowest BCUT2D eigenvalue weighted by Crippen LogP contribution is -1.94. The summed E-state index contributed by atoms with van der Waals surface area (Å²) in [5.74, 6) is -0.290. The fraction of sp³-hybridized carbons (Fsp3) is 0.261. The SMILES string of the molecule is [C-]#[N+]c1cc2[nH]nc(-c3cnn(CC)c3)c2cc1-c1c(C)cc(CCC)cc1F. The maximum atomic E-state index is 15.1. The Hall–Kier alpha value is -3.46. The van der Waals surface area contributed by atoms with Crippen LogP contribution in [0.3, 0.4) is 0 Å². The standard InChI is InChI=1S/C23H22FN5/c1-5-7-15-8-14(3)22(19(24)9-15)17-10-18-21(11-20(17)25-4)27-28-23(18)16-12-26-29(6-2)13-16/h8-13H,5-7H2,1-3H3,(H,27,28). The van der Waals surface area contributed by atoms with Crippen molar-refractivity contribution in [1.82, 2.24) is 20.0 Å². The number of fused-ring (bicyclic) bond motifs is 1. The minimum Gasteiger partial charge on any atom is -0.278 e. The van der Waals surface area contributed by atoms with Gasteiger partial charge in [-0.2, -0.15) is 10.2 Å². The number of hydrogen-bond acceptors (Lipinski definition) is 2. The van der Waals surface area contributed by atoms with E-state index in [1.54, 1.807) is 18.3 Å². The fourth-order valence-corrected chi connectivity index (χ4v) is 3.81. The lowest BCUT2D eigenvalue weighted by molar-refractivity contribution is 0.627. The van der Waals surface area contributed by atoms with Crippen LogP contribution in [-0.2, 0) is 13.0 Å². The molecule has 4 rings (SSSR count). The zero-order valence-electron chi connectivity index (χ0n) is 16.8. The van der Waals surface area contributed by atoms with Gasteiger partial charge >= 0.3 is 0 Å². The number of H-pyrrole nitrogens is 1. The van der Waals surface area contributed by atoms with Crippen LogP contribution in [-0.4, -0.2) is 20.0 Å². The summed E-state index contributed by atoms with van der Waals surface area (Å²) >= 11 is 0. The lowest BCUT2D eigenvalue weighted by atomic mass is 9.93. The molecule has 0 aliphatic heterocycles. The number of aryl methyl sites for hydroxylation is 3. The minimum atomic E-state index is -0.290. The molecule has 0 aliphatic carbocycles. The second kappa shape index (κ2) is 7.51. The first kappa shape index (κ1) is 18.9. The number of nitrogens with zero attached hydrogens (tertiary/aromatic N) is 4. The van der Waals surface area contributed by atoms with Crippen molar-refractivity contribution in [3.63, 3.8) is 0 Å². The summed E-state index contributed by atoms with van der Waals surface area (Å²) in [6.07, 6.45) is 5.50. The van der Waals surface area contributed by atoms with E-state index in [0.717, 1.165) is 52.7 Å². The van der Waals surface area contributed by atoms with Gasteiger partial charge in [-0.15, -0.1) is 0 Å². The summed E-state index contributed by atoms with van der Waals surface area (Å²) < 4.78 is 16.9. The molecule has 0 atom stereocenters. The minimum absolute atomic E-state index is 0.290. The fourth-order valence-electron chi connectivity index (χ4n) is 3.81. The van der Waals surface area contributed by atoms with Crippen molar-refractivity contribution < 1.29 is 4.39 Å². The molecule has 2 aromatic heterocycles. The van der Waals surface area contributed by atoms with Crippen molar-refractivity contribution in [3.05, 3.63) is 65.0 Å². The van der Waals surface area contributed by atoms with Crippen molar-refractivity contribution in [2.75, 3.05) is 0 Å². The van der Waals surface area contributed by atoms with E-state index in [-0.39, 0.29) is 5.82 Å². The predicted octanol–water partition coefficient (Wildman–Crippen LogP) is 6.06. The molecule has 4 aromatic rings. The molecule has 2 aromatic carbocycles. The van der Waals surface area contributed by atoms with Crippen molar-refractivity contribution in [2.24, 2.45) is 0 Å². The molecule has 29 heavy (non-hydrogen) atoms. The van der Waals surface area contributed by atoms with E-state index in [9.17, 15) is 0 Å². The van der Waals surface area contributed by atoms with Crippen molar-refractivity contribution >= 4 is 16.6 Å². The van der Waals surface area contributed by atoms with Gasteiger partial charge in [0.1, 0.15) is 11.5 Å². The molecule has 0 saturated carbocycles. The van der Waals surface area contributed by atoms with E-state index in [1.165, 1.54) is 0 Å². The number of nitrogens with one attached hydrogen (secondary N) is 1. The Bertz CT molecular complexity index is 1220. The first-order chi connectivity index (χ1) is 14.0. The van der Waals surface area contributed by atoms with Crippen LogP contribution in [0.15, 0.2) is 36.7 Å². The average molecular weight is 387 g/mol. The number of hydrogen-bond donors (Lipinski definition) is 1. The average Bonchev–Trinajstić information content (AvgIpc) is 3.33. The normalized spacial score (nSPS) is 11.1. The molecule has 0 spiro atoms. The summed E-state index contributed by atoms with van der Waals surface area (Å²) in [5.41, 5.74) is 5.68. The number of aromatic nitrogens is 4. The van der Waals surface area contributed by atoms with E-state index in [1.807, 2.05) is 36.9 Å². The van der Waals surface area contributed by atoms with Gasteiger partial charge < -0.3 is 0 Å². The Kier molecular flexibility index (Phi) is 4.89. The summed E-state index contributed by atoms with van der Waals surface area (Å²) in [5, 5.41) is 12.6. The first-order valence-electron chi connectivity index (χ1n) is 9.77. The van der Waals surface area contributed by atoms with Crippen molar-refractivity contribution in [1.29, 1.82) is 0 Å². The molecule has 0 bridgehead atoms. The topological polar surface area (TPSA) is 50.9 Å². The van der Waals surface area contributed by atoms with Gasteiger partial charge in [0, 0.05) is 29.3 Å². The lowest BCUT2D eigenvalue weighted by Gasteiger charge is -2.12. The molecule has 5 nitrogen and oxygen atoms in total. The van der Waals surface area contributed by atoms with Crippen LogP contribution in [0, 0.1) is 19.3 Å². The summed E-state index contributed by atoms with van der Waals surface area (Å²) in [6.45, 7) is 14.4. The maximum absolute atomic E-state index is 15.1. The molecule has 0 aliphatic rings. The highest BCUT2D eigenvalue weighted by atomic mass is 19.1. The predicted molar refractivity (Wildman–Crippen MR) is 113 cm³/mol. The highest BCUT2D eigenvalue weighted by molar-refractivity contribution is 6.00. The van der Waals surface area contributed by atoms with Crippen LogP contribution in [0.1, 0.15) is 31.4 Å². The number of benzene rings is 2. The van der Waals surface area contributed by atoms with Crippen LogP contribution in [0.5, 0.6) is 0 Å². The Morgan fingerprint density at radius 3 is 2.69 bits per heavy atom. The van der Waals surface area contributed by atoms with Crippen LogP contribution >= 0.6 is 0 Å². The van der Waals surface area contributed by atoms with E-state index >= 15 is 4.39 Å². The molecule has 6 heteroatoms. The summed E-state index contributed by atoms with van der Waals surface area (Å²) in [4.78, 5) is 3.66. The smallest absolute Gasteiger partial charge is 0.197 e. The van der Waals surface area contributed by atoms with Crippen LogP contribution < -0.4 is 0 Å². The third-order valence-electron chi connectivity index (χ3n) is 5.19. The molecule has 0 fully saturated rings. The van der Waals surface area contributed by atoms with Gasteiger partial charge in [-0.25, -0.2) is 9.24 Å². The highest BCUT2D eigenvalue weighted by Crippen LogP contribution is 2.40. The van der Waals surface area contributed by atoms with Crippen LogP contribution in [0.4, 0.5) is 10.1 Å². The Balaban J connectivity index is 1.93. The second-order valence-corrected chi connectivity index (χ2v) is 7.20. The molecule has 0 amide bonds. The number of aromatic amines is 1. The van der Waals surface area contributed by atoms with E-state index in [4.69, 9.17) is 6.57 Å². The van der Waals surface area contributed by atoms with Gasteiger partial charge in [0.2, 0.25) is 0 Å². The zero-order valence-corrected chi connectivity index (χ0v) is 16.8. The van der Waals surface area contributed by atoms with Gasteiger partial charge in [-0.05, 0) is 49.1 Å². The van der Waals surface area contributed by atoms with Gasteiger partial charge in [0.15, 0.2) is 5.69 Å².